The summed E-state index contributed by atoms with van der Waals surface area (Å²) >= 11 is 2.67. The second-order valence-corrected chi connectivity index (χ2v) is 4.41. The minimum atomic E-state index is 0.155. The van der Waals surface area contributed by atoms with Gasteiger partial charge in [-0.1, -0.05) is 0 Å². The molecule has 0 bridgehead atoms. The van der Waals surface area contributed by atoms with Crippen LogP contribution in [0.15, 0.2) is 29.5 Å². The van der Waals surface area contributed by atoms with Gasteiger partial charge in [-0.2, -0.15) is 0 Å². The molecule has 1 rings (SSSR count). The minimum absolute atomic E-state index is 0.155. The monoisotopic (exact) mass is 270 g/mol. The molecule has 0 spiro atoms. The summed E-state index contributed by atoms with van der Waals surface area (Å²) < 4.78 is 0.521. The molecular formula is C10H14N4Se+. The number of hydrogen-bond acceptors (Lipinski definition) is 3. The SMILES string of the molecule is C/C(=N/[N+](C)(C)C(=N)[Se])c1ccccn1. The molecule has 1 heterocycles. The van der Waals surface area contributed by atoms with Crippen LogP contribution in [0.5, 0.6) is 0 Å². The zero-order chi connectivity index (χ0) is 11.5. The van der Waals surface area contributed by atoms with Crippen LogP contribution in [-0.4, -0.2) is 50.1 Å². The standard InChI is InChI=1S/C10H14N4Se/c1-8(9-6-4-5-7-12-9)13-14(2,3)10(11)15/h4-7,11H,1-3H3/q+1/b11-10?,13-8-. The summed E-state index contributed by atoms with van der Waals surface area (Å²) in [6.07, 6.45) is 1.73. The molecule has 0 aliphatic rings. The van der Waals surface area contributed by atoms with Crippen molar-refractivity contribution in [1.29, 1.82) is 5.41 Å². The number of rotatable bonds is 2. The molecule has 1 aromatic heterocycles. The number of nitrogens with zero attached hydrogens (tertiary/aromatic N) is 3. The van der Waals surface area contributed by atoms with Crippen molar-refractivity contribution in [2.75, 3.05) is 14.1 Å². The van der Waals surface area contributed by atoms with Crippen molar-refractivity contribution < 1.29 is 4.59 Å². The van der Waals surface area contributed by atoms with E-state index in [2.05, 4.69) is 26.1 Å². The predicted octanol–water partition coefficient (Wildman–Crippen LogP) is 0.985. The van der Waals surface area contributed by atoms with Gasteiger partial charge in [0.25, 0.3) is 0 Å². The fourth-order valence-corrected chi connectivity index (χ4v) is 1.13. The van der Waals surface area contributed by atoms with Gasteiger partial charge < -0.3 is 0 Å². The van der Waals surface area contributed by atoms with Crippen LogP contribution in [0.1, 0.15) is 12.6 Å². The number of pyridine rings is 1. The average molecular weight is 269 g/mol. The molecule has 79 valence electrons. The molecule has 4 nitrogen and oxygen atoms in total. The van der Waals surface area contributed by atoms with Crippen LogP contribution in [0.4, 0.5) is 0 Å². The Balaban J connectivity index is 3.00. The van der Waals surface area contributed by atoms with Crippen LogP contribution in [-0.2, 0) is 0 Å². The van der Waals surface area contributed by atoms with Crippen LogP contribution in [0.2, 0.25) is 0 Å². The summed E-state index contributed by atoms with van der Waals surface area (Å²) in [6.45, 7) is 1.89. The van der Waals surface area contributed by atoms with Gasteiger partial charge in [-0.3, -0.25) is 0 Å². The van der Waals surface area contributed by atoms with Crippen molar-refractivity contribution in [2.45, 2.75) is 6.92 Å². The topological polar surface area (TPSA) is 49.1 Å². The van der Waals surface area contributed by atoms with Gasteiger partial charge in [0.15, 0.2) is 0 Å². The molecule has 1 aromatic rings. The van der Waals surface area contributed by atoms with Crippen LogP contribution in [0, 0.1) is 5.41 Å². The van der Waals surface area contributed by atoms with Crippen LogP contribution in [0.25, 0.3) is 0 Å². The van der Waals surface area contributed by atoms with E-state index in [0.717, 1.165) is 11.4 Å². The quantitative estimate of drug-likeness (QED) is 0.281. The van der Waals surface area contributed by atoms with Gasteiger partial charge in [0.1, 0.15) is 0 Å². The normalized spacial score (nSPS) is 12.6. The van der Waals surface area contributed by atoms with Crippen molar-refractivity contribution in [3.8, 4) is 0 Å². The van der Waals surface area contributed by atoms with Crippen molar-refractivity contribution in [2.24, 2.45) is 5.10 Å². The van der Waals surface area contributed by atoms with E-state index in [1.165, 1.54) is 0 Å². The molecule has 0 saturated carbocycles. The fraction of sp³-hybridized carbons (Fsp3) is 0.300. The number of nitrogens with one attached hydrogen (secondary N) is 1. The Labute approximate surface area is 97.9 Å². The summed E-state index contributed by atoms with van der Waals surface area (Å²) in [5.41, 5.74) is 1.66. The van der Waals surface area contributed by atoms with E-state index >= 15 is 0 Å². The van der Waals surface area contributed by atoms with Gasteiger partial charge in [0.2, 0.25) is 0 Å². The van der Waals surface area contributed by atoms with Crippen LogP contribution in [0.3, 0.4) is 0 Å². The van der Waals surface area contributed by atoms with Gasteiger partial charge in [-0.05, 0) is 0 Å². The Bertz CT molecular complexity index is 384. The molecule has 0 aromatic carbocycles. The average Bonchev–Trinajstić information content (AvgIpc) is 2.18. The van der Waals surface area contributed by atoms with Gasteiger partial charge >= 0.3 is 97.7 Å². The van der Waals surface area contributed by atoms with Crippen molar-refractivity contribution in [1.82, 2.24) is 4.98 Å². The number of aromatic nitrogens is 1. The van der Waals surface area contributed by atoms with Crippen molar-refractivity contribution in [3.63, 3.8) is 0 Å². The summed E-state index contributed by atoms with van der Waals surface area (Å²) in [7, 11) is 3.68. The third kappa shape index (κ3) is 3.23. The Morgan fingerprint density at radius 2 is 2.13 bits per heavy atom. The van der Waals surface area contributed by atoms with E-state index in [1.807, 2.05) is 39.2 Å². The van der Waals surface area contributed by atoms with E-state index in [1.54, 1.807) is 6.20 Å². The number of amidine groups is 1. The van der Waals surface area contributed by atoms with Gasteiger partial charge in [-0.25, -0.2) is 0 Å². The van der Waals surface area contributed by atoms with Crippen LogP contribution < -0.4 is 0 Å². The first-order chi connectivity index (χ1) is 6.93. The number of quaternary nitrogens is 1. The summed E-state index contributed by atoms with van der Waals surface area (Å²) in [4.78, 5) is 4.20. The zero-order valence-corrected chi connectivity index (χ0v) is 10.8. The van der Waals surface area contributed by atoms with E-state index in [-0.39, 0.29) is 4.59 Å². The van der Waals surface area contributed by atoms with E-state index < -0.39 is 0 Å². The second kappa shape index (κ2) is 4.66. The molecule has 0 saturated heterocycles. The van der Waals surface area contributed by atoms with Gasteiger partial charge in [-0.15, -0.1) is 0 Å². The summed E-state index contributed by atoms with van der Waals surface area (Å²) in [6, 6.07) is 5.69. The maximum absolute atomic E-state index is 7.54. The molecule has 0 unspecified atom stereocenters. The third-order valence-corrected chi connectivity index (χ3v) is 2.87. The van der Waals surface area contributed by atoms with Gasteiger partial charge in [0.05, 0.1) is 0 Å². The Kier molecular flexibility index (Phi) is 3.74. The third-order valence-electron chi connectivity index (χ3n) is 1.93. The number of hydrogen-bond donors (Lipinski definition) is 1. The molecule has 0 aliphatic heterocycles. The molecule has 15 heavy (non-hydrogen) atoms. The first kappa shape index (κ1) is 12.0. The van der Waals surface area contributed by atoms with Crippen molar-refractivity contribution in [3.05, 3.63) is 30.1 Å². The first-order valence-corrected chi connectivity index (χ1v) is 5.37. The molecule has 0 atom stereocenters. The summed E-state index contributed by atoms with van der Waals surface area (Å²) in [5.74, 6) is 0. The molecule has 1 radical (unpaired) electrons. The molecule has 0 aliphatic carbocycles. The zero-order valence-electron chi connectivity index (χ0n) is 9.06. The fourth-order valence-electron chi connectivity index (χ4n) is 1.05. The predicted molar refractivity (Wildman–Crippen MR) is 62.0 cm³/mol. The Morgan fingerprint density at radius 3 is 2.60 bits per heavy atom. The van der Waals surface area contributed by atoms with Crippen LogP contribution >= 0.6 is 0 Å². The van der Waals surface area contributed by atoms with E-state index in [9.17, 15) is 0 Å². The Morgan fingerprint density at radius 1 is 1.47 bits per heavy atom. The summed E-state index contributed by atoms with van der Waals surface area (Å²) in [5, 5.41) is 12.0. The van der Waals surface area contributed by atoms with Crippen molar-refractivity contribution >= 4 is 26.5 Å². The molecule has 0 fully saturated rings. The Hall–Kier alpha value is -1.03. The molecule has 0 amide bonds. The molecule has 1 N–H and O–H groups in total. The van der Waals surface area contributed by atoms with Gasteiger partial charge in [0, 0.05) is 0 Å². The maximum atomic E-state index is 7.54. The second-order valence-electron chi connectivity index (χ2n) is 3.60. The molecular weight excluding hydrogens is 255 g/mol. The first-order valence-electron chi connectivity index (χ1n) is 4.52. The molecule has 5 heteroatoms. The van der Waals surface area contributed by atoms with E-state index in [4.69, 9.17) is 5.41 Å². The van der Waals surface area contributed by atoms with E-state index in [0.29, 0.717) is 4.73 Å².